The maximum absolute atomic E-state index is 10.8. The van der Waals surface area contributed by atoms with Crippen molar-refractivity contribution < 1.29 is 25.9 Å². The Hall–Kier alpha value is 1.26. The van der Waals surface area contributed by atoms with Crippen LogP contribution >= 0.6 is 23.2 Å². The van der Waals surface area contributed by atoms with Crippen molar-refractivity contribution in [3.63, 3.8) is 0 Å². The molecule has 0 aromatic heterocycles. The van der Waals surface area contributed by atoms with Gasteiger partial charge in [0.2, 0.25) is 0 Å². The van der Waals surface area contributed by atoms with E-state index in [1.165, 1.54) is 0 Å². The van der Waals surface area contributed by atoms with Crippen molar-refractivity contribution in [3.8, 4) is 0 Å². The number of hydrogen-bond acceptors (Lipinski definition) is 4. The summed E-state index contributed by atoms with van der Waals surface area (Å²) in [6.45, 7) is 0. The zero-order valence-electron chi connectivity index (χ0n) is 7.25. The molecule has 92 valence electrons. The standard InChI is InChI=1S/C6H4Cl2O6S2.K.H/c7-3-1-5(15(9,10)11)4(8)2-6(3)16(12,13)14;;/h1-2H,(H,9,10,11)(H,12,13,14);;. The van der Waals surface area contributed by atoms with Gasteiger partial charge in [-0.2, -0.15) is 16.8 Å². The van der Waals surface area contributed by atoms with E-state index in [9.17, 15) is 16.8 Å². The van der Waals surface area contributed by atoms with E-state index in [1.807, 2.05) is 0 Å². The molecule has 6 nitrogen and oxygen atoms in total. The molecule has 0 saturated carbocycles. The van der Waals surface area contributed by atoms with Crippen LogP contribution in [0, 0.1) is 0 Å². The summed E-state index contributed by atoms with van der Waals surface area (Å²) < 4.78 is 60.5. The Balaban J connectivity index is 0.00000256. The van der Waals surface area contributed by atoms with Gasteiger partial charge in [0.25, 0.3) is 20.2 Å². The van der Waals surface area contributed by atoms with Crippen molar-refractivity contribution in [3.05, 3.63) is 22.2 Å². The summed E-state index contributed by atoms with van der Waals surface area (Å²) in [5.74, 6) is 0. The first-order chi connectivity index (χ1) is 7.03. The Morgan fingerprint density at radius 1 is 0.824 bits per heavy atom. The predicted octanol–water partition coefficient (Wildman–Crippen LogP) is 0.838. The van der Waals surface area contributed by atoms with Crippen LogP contribution in [0.15, 0.2) is 21.9 Å². The van der Waals surface area contributed by atoms with Crippen LogP contribution < -0.4 is 0 Å². The molecule has 0 aliphatic rings. The summed E-state index contributed by atoms with van der Waals surface area (Å²) in [6.07, 6.45) is 0. The summed E-state index contributed by atoms with van der Waals surface area (Å²) >= 11 is 10.8. The van der Waals surface area contributed by atoms with Gasteiger partial charge in [-0.05, 0) is 12.1 Å². The van der Waals surface area contributed by atoms with Crippen LogP contribution in [-0.4, -0.2) is 77.3 Å². The summed E-state index contributed by atoms with van der Waals surface area (Å²) in [4.78, 5) is -1.49. The molecule has 0 bridgehead atoms. The van der Waals surface area contributed by atoms with Crippen LogP contribution in [0.4, 0.5) is 0 Å². The predicted molar refractivity (Wildman–Crippen MR) is 63.2 cm³/mol. The maximum atomic E-state index is 10.8. The SMILES string of the molecule is O=S(=O)(O)c1cc(Cl)c(S(=O)(=O)O)cc1Cl.[KH]. The zero-order chi connectivity index (χ0) is 12.7. The van der Waals surface area contributed by atoms with Gasteiger partial charge in [0.1, 0.15) is 9.79 Å². The Bertz CT molecular complexity index is 581. The molecule has 0 aliphatic carbocycles. The Labute approximate surface area is 150 Å². The van der Waals surface area contributed by atoms with Crippen LogP contribution in [0.2, 0.25) is 10.0 Å². The van der Waals surface area contributed by atoms with E-state index in [1.54, 1.807) is 0 Å². The number of hydrogen-bond donors (Lipinski definition) is 2. The van der Waals surface area contributed by atoms with Gasteiger partial charge in [-0.1, -0.05) is 23.2 Å². The molecule has 0 unspecified atom stereocenters. The molecule has 0 atom stereocenters. The first kappa shape index (κ1) is 18.3. The minimum atomic E-state index is -4.61. The van der Waals surface area contributed by atoms with Crippen LogP contribution in [-0.2, 0) is 20.2 Å². The van der Waals surface area contributed by atoms with Crippen LogP contribution in [0.5, 0.6) is 0 Å². The van der Waals surface area contributed by atoms with E-state index in [0.717, 1.165) is 0 Å². The van der Waals surface area contributed by atoms with Gasteiger partial charge < -0.3 is 0 Å². The van der Waals surface area contributed by atoms with Crippen molar-refractivity contribution in [2.45, 2.75) is 9.79 Å². The molecule has 1 aromatic carbocycles. The third-order valence-electron chi connectivity index (χ3n) is 1.54. The Morgan fingerprint density at radius 3 is 1.24 bits per heavy atom. The average Bonchev–Trinajstić information content (AvgIpc) is 2.04. The van der Waals surface area contributed by atoms with Gasteiger partial charge in [0.05, 0.1) is 10.0 Å². The van der Waals surface area contributed by atoms with Crippen molar-refractivity contribution in [1.29, 1.82) is 0 Å². The summed E-state index contributed by atoms with van der Waals surface area (Å²) in [6, 6.07) is 1.25. The molecule has 0 spiro atoms. The molecule has 1 rings (SSSR count). The van der Waals surface area contributed by atoms with Gasteiger partial charge in [-0.3, -0.25) is 9.11 Å². The van der Waals surface area contributed by atoms with E-state index in [0.29, 0.717) is 12.1 Å². The quantitative estimate of drug-likeness (QED) is 0.606. The molecule has 2 N–H and O–H groups in total. The van der Waals surface area contributed by atoms with E-state index in [-0.39, 0.29) is 51.4 Å². The first-order valence-electron chi connectivity index (χ1n) is 3.47. The van der Waals surface area contributed by atoms with Gasteiger partial charge in [-0.25, -0.2) is 0 Å². The second kappa shape index (κ2) is 6.14. The Morgan fingerprint density at radius 2 is 1.06 bits per heavy atom. The van der Waals surface area contributed by atoms with Crippen LogP contribution in [0.3, 0.4) is 0 Å². The summed E-state index contributed by atoms with van der Waals surface area (Å²) in [5, 5.41) is -1.14. The van der Waals surface area contributed by atoms with Crippen LogP contribution in [0.1, 0.15) is 0 Å². The molecule has 0 heterocycles. The first-order valence-corrected chi connectivity index (χ1v) is 7.11. The van der Waals surface area contributed by atoms with Gasteiger partial charge in [0, 0.05) is 0 Å². The number of benzene rings is 1. The molecule has 17 heavy (non-hydrogen) atoms. The van der Waals surface area contributed by atoms with Crippen molar-refractivity contribution in [2.24, 2.45) is 0 Å². The molecule has 0 fully saturated rings. The zero-order valence-corrected chi connectivity index (χ0v) is 10.4. The van der Waals surface area contributed by atoms with E-state index in [2.05, 4.69) is 0 Å². The summed E-state index contributed by atoms with van der Waals surface area (Å²) in [5.41, 5.74) is 0. The Kier molecular flexibility index (Phi) is 6.59. The molecule has 0 amide bonds. The third-order valence-corrected chi connectivity index (χ3v) is 4.18. The molecular formula is C6H5Cl2KO6S2. The van der Waals surface area contributed by atoms with Crippen LogP contribution in [0.25, 0.3) is 0 Å². The molecular weight excluding hydrogens is 342 g/mol. The van der Waals surface area contributed by atoms with Gasteiger partial charge in [-0.15, -0.1) is 0 Å². The second-order valence-electron chi connectivity index (χ2n) is 2.66. The molecule has 0 radical (unpaired) electrons. The fourth-order valence-electron chi connectivity index (χ4n) is 0.906. The molecule has 0 aliphatic heterocycles. The number of halogens is 2. The fraction of sp³-hybridized carbons (Fsp3) is 0. The topological polar surface area (TPSA) is 109 Å². The minimum absolute atomic E-state index is 0. The van der Waals surface area contributed by atoms with Crippen molar-refractivity contribution in [2.75, 3.05) is 0 Å². The average molecular weight is 347 g/mol. The fourth-order valence-corrected chi connectivity index (χ4v) is 3.09. The van der Waals surface area contributed by atoms with E-state index in [4.69, 9.17) is 32.3 Å². The van der Waals surface area contributed by atoms with Crippen molar-refractivity contribution in [1.82, 2.24) is 0 Å². The summed E-state index contributed by atoms with van der Waals surface area (Å²) in [7, 11) is -9.22. The molecule has 1 aromatic rings. The van der Waals surface area contributed by atoms with Gasteiger partial charge >= 0.3 is 51.4 Å². The normalized spacial score (nSPS) is 12.0. The van der Waals surface area contributed by atoms with Gasteiger partial charge in [0.15, 0.2) is 0 Å². The second-order valence-corrected chi connectivity index (χ2v) is 6.26. The third kappa shape index (κ3) is 4.69. The monoisotopic (exact) mass is 346 g/mol. The van der Waals surface area contributed by atoms with Crippen molar-refractivity contribution >= 4 is 94.8 Å². The number of rotatable bonds is 2. The van der Waals surface area contributed by atoms with E-state index >= 15 is 0 Å². The molecule has 11 heteroatoms. The molecule has 0 saturated heterocycles. The van der Waals surface area contributed by atoms with E-state index < -0.39 is 40.1 Å².